The van der Waals surface area contributed by atoms with Crippen molar-refractivity contribution in [3.8, 4) is 0 Å². The number of nitrogens with zero attached hydrogens (tertiary/aromatic N) is 1. The largest absolute Gasteiger partial charge is 0.419 e. The zero-order valence-electron chi connectivity index (χ0n) is 11.4. The number of alkyl halides is 3. The number of halogens is 4. The molecule has 1 aromatic rings. The second-order valence-electron chi connectivity index (χ2n) is 4.63. The van der Waals surface area contributed by atoms with E-state index in [9.17, 15) is 22.4 Å². The van der Waals surface area contributed by atoms with E-state index in [2.05, 4.69) is 0 Å². The second-order valence-corrected chi connectivity index (χ2v) is 4.63. The van der Waals surface area contributed by atoms with Gasteiger partial charge in [-0.1, -0.05) is 19.8 Å². The Morgan fingerprint density at radius 2 is 1.90 bits per heavy atom. The highest BCUT2D eigenvalue weighted by atomic mass is 19.4. The van der Waals surface area contributed by atoms with Crippen LogP contribution in [0, 0.1) is 5.82 Å². The lowest BCUT2D eigenvalue weighted by Crippen LogP contribution is -2.28. The highest BCUT2D eigenvalue weighted by Crippen LogP contribution is 2.32. The van der Waals surface area contributed by atoms with E-state index in [0.717, 1.165) is 25.3 Å². The summed E-state index contributed by atoms with van der Waals surface area (Å²) in [5, 5.41) is 0. The average Bonchev–Trinajstić information content (AvgIpc) is 2.37. The zero-order chi connectivity index (χ0) is 15.3. The molecule has 6 heteroatoms. The Labute approximate surface area is 115 Å². The van der Waals surface area contributed by atoms with Gasteiger partial charge in [-0.15, -0.1) is 0 Å². The van der Waals surface area contributed by atoms with Gasteiger partial charge in [0.25, 0.3) is 5.91 Å². The molecule has 1 amide bonds. The van der Waals surface area contributed by atoms with Gasteiger partial charge in [0, 0.05) is 19.2 Å². The molecule has 0 atom stereocenters. The minimum Gasteiger partial charge on any atom is -0.342 e. The minimum absolute atomic E-state index is 0.155. The van der Waals surface area contributed by atoms with Crippen molar-refractivity contribution in [3.05, 3.63) is 35.1 Å². The SMILES string of the molecule is CCCCCN(C)C(=O)c1ccc(F)c(C(F)(F)F)c1. The fourth-order valence-electron chi connectivity index (χ4n) is 1.80. The zero-order valence-corrected chi connectivity index (χ0v) is 11.4. The van der Waals surface area contributed by atoms with E-state index < -0.39 is 23.5 Å². The molecule has 0 unspecified atom stereocenters. The quantitative estimate of drug-likeness (QED) is 0.590. The van der Waals surface area contributed by atoms with Crippen LogP contribution in [0.5, 0.6) is 0 Å². The molecule has 0 aromatic heterocycles. The molecular weight excluding hydrogens is 274 g/mol. The summed E-state index contributed by atoms with van der Waals surface area (Å²) in [6.07, 6.45) is -2.10. The number of benzene rings is 1. The van der Waals surface area contributed by atoms with E-state index in [-0.39, 0.29) is 5.56 Å². The Bertz CT molecular complexity index is 471. The van der Waals surface area contributed by atoms with Gasteiger partial charge in [-0.3, -0.25) is 4.79 Å². The Morgan fingerprint density at radius 3 is 2.45 bits per heavy atom. The predicted molar refractivity (Wildman–Crippen MR) is 67.9 cm³/mol. The van der Waals surface area contributed by atoms with E-state index in [1.54, 1.807) is 0 Å². The van der Waals surface area contributed by atoms with Gasteiger partial charge in [0.15, 0.2) is 0 Å². The summed E-state index contributed by atoms with van der Waals surface area (Å²) in [7, 11) is 1.52. The number of hydrogen-bond donors (Lipinski definition) is 0. The fourth-order valence-corrected chi connectivity index (χ4v) is 1.80. The maximum Gasteiger partial charge on any atom is 0.419 e. The van der Waals surface area contributed by atoms with Crippen molar-refractivity contribution in [2.45, 2.75) is 32.4 Å². The molecule has 1 rings (SSSR count). The van der Waals surface area contributed by atoms with Crippen LogP contribution in [-0.2, 0) is 6.18 Å². The number of unbranched alkanes of at least 4 members (excludes halogenated alkanes) is 2. The number of carbonyl (C=O) groups is 1. The van der Waals surface area contributed by atoms with E-state index in [1.807, 2.05) is 6.92 Å². The van der Waals surface area contributed by atoms with Gasteiger partial charge in [0.1, 0.15) is 5.82 Å². The van der Waals surface area contributed by atoms with Crippen molar-refractivity contribution in [1.82, 2.24) is 4.90 Å². The van der Waals surface area contributed by atoms with Crippen LogP contribution in [0.1, 0.15) is 42.1 Å². The molecule has 20 heavy (non-hydrogen) atoms. The molecular formula is C14H17F4NO. The van der Waals surface area contributed by atoms with Gasteiger partial charge < -0.3 is 4.90 Å². The maximum absolute atomic E-state index is 13.1. The molecule has 0 heterocycles. The molecule has 0 fully saturated rings. The molecule has 0 radical (unpaired) electrons. The summed E-state index contributed by atoms with van der Waals surface area (Å²) in [5.41, 5.74) is -1.57. The Hall–Kier alpha value is -1.59. The molecule has 0 spiro atoms. The molecule has 0 N–H and O–H groups in total. The van der Waals surface area contributed by atoms with Gasteiger partial charge in [-0.05, 0) is 24.6 Å². The van der Waals surface area contributed by atoms with Crippen LogP contribution in [0.25, 0.3) is 0 Å². The third-order valence-corrected chi connectivity index (χ3v) is 2.96. The smallest absolute Gasteiger partial charge is 0.342 e. The maximum atomic E-state index is 13.1. The molecule has 2 nitrogen and oxygen atoms in total. The molecule has 0 aliphatic carbocycles. The van der Waals surface area contributed by atoms with Crippen LogP contribution in [0.15, 0.2) is 18.2 Å². The molecule has 0 bridgehead atoms. The molecule has 0 aliphatic rings. The van der Waals surface area contributed by atoms with Crippen LogP contribution < -0.4 is 0 Å². The summed E-state index contributed by atoms with van der Waals surface area (Å²) in [6.45, 7) is 2.48. The Morgan fingerprint density at radius 1 is 1.25 bits per heavy atom. The third kappa shape index (κ3) is 4.21. The van der Waals surface area contributed by atoms with Crippen LogP contribution in [-0.4, -0.2) is 24.4 Å². The normalized spacial score (nSPS) is 11.5. The first-order valence-electron chi connectivity index (χ1n) is 6.39. The van der Waals surface area contributed by atoms with E-state index in [4.69, 9.17) is 0 Å². The lowest BCUT2D eigenvalue weighted by Gasteiger charge is -2.18. The predicted octanol–water partition coefficient (Wildman–Crippen LogP) is 4.11. The topological polar surface area (TPSA) is 20.3 Å². The Kier molecular flexibility index (Phi) is 5.53. The van der Waals surface area contributed by atoms with Gasteiger partial charge in [-0.25, -0.2) is 4.39 Å². The van der Waals surface area contributed by atoms with E-state index >= 15 is 0 Å². The molecule has 0 saturated carbocycles. The average molecular weight is 291 g/mol. The summed E-state index contributed by atoms with van der Waals surface area (Å²) < 4.78 is 50.9. The van der Waals surface area contributed by atoms with E-state index in [1.165, 1.54) is 11.9 Å². The first-order chi connectivity index (χ1) is 9.27. The molecule has 0 saturated heterocycles. The molecule has 0 aliphatic heterocycles. The third-order valence-electron chi connectivity index (χ3n) is 2.96. The summed E-state index contributed by atoms with van der Waals surface area (Å²) in [5.74, 6) is -1.91. The van der Waals surface area contributed by atoms with Gasteiger partial charge >= 0.3 is 6.18 Å². The number of hydrogen-bond acceptors (Lipinski definition) is 1. The van der Waals surface area contributed by atoms with Gasteiger partial charge in [-0.2, -0.15) is 13.2 Å². The fraction of sp³-hybridized carbons (Fsp3) is 0.500. The van der Waals surface area contributed by atoms with Crippen molar-refractivity contribution in [2.24, 2.45) is 0 Å². The van der Waals surface area contributed by atoms with Crippen molar-refractivity contribution in [1.29, 1.82) is 0 Å². The number of carbonyl (C=O) groups excluding carboxylic acids is 1. The van der Waals surface area contributed by atoms with E-state index in [0.29, 0.717) is 18.7 Å². The highest BCUT2D eigenvalue weighted by molar-refractivity contribution is 5.94. The standard InChI is InChI=1S/C14H17F4NO/c1-3-4-5-8-19(2)13(20)10-6-7-12(15)11(9-10)14(16,17)18/h6-7,9H,3-5,8H2,1-2H3. The van der Waals surface area contributed by atoms with Crippen molar-refractivity contribution >= 4 is 5.91 Å². The van der Waals surface area contributed by atoms with Crippen LogP contribution in [0.4, 0.5) is 17.6 Å². The van der Waals surface area contributed by atoms with Gasteiger partial charge in [0.2, 0.25) is 0 Å². The summed E-state index contributed by atoms with van der Waals surface area (Å²) in [6, 6.07) is 2.31. The minimum atomic E-state index is -4.80. The van der Waals surface area contributed by atoms with Crippen LogP contribution in [0.3, 0.4) is 0 Å². The second kappa shape index (κ2) is 6.72. The lowest BCUT2D eigenvalue weighted by molar-refractivity contribution is -0.140. The first-order valence-corrected chi connectivity index (χ1v) is 6.39. The lowest BCUT2D eigenvalue weighted by atomic mass is 10.1. The monoisotopic (exact) mass is 291 g/mol. The van der Waals surface area contributed by atoms with Crippen LogP contribution >= 0.6 is 0 Å². The first kappa shape index (κ1) is 16.5. The molecule has 112 valence electrons. The Balaban J connectivity index is 2.89. The summed E-state index contributed by atoms with van der Waals surface area (Å²) in [4.78, 5) is 13.3. The summed E-state index contributed by atoms with van der Waals surface area (Å²) >= 11 is 0. The van der Waals surface area contributed by atoms with Crippen molar-refractivity contribution in [3.63, 3.8) is 0 Å². The number of amides is 1. The number of rotatable bonds is 5. The van der Waals surface area contributed by atoms with Crippen LogP contribution in [0.2, 0.25) is 0 Å². The highest BCUT2D eigenvalue weighted by Gasteiger charge is 2.34. The van der Waals surface area contributed by atoms with Gasteiger partial charge in [0.05, 0.1) is 5.56 Å². The van der Waals surface area contributed by atoms with Crippen molar-refractivity contribution in [2.75, 3.05) is 13.6 Å². The van der Waals surface area contributed by atoms with Crippen molar-refractivity contribution < 1.29 is 22.4 Å². The molecule has 1 aromatic carbocycles.